The van der Waals surface area contributed by atoms with Gasteiger partial charge in [-0.3, -0.25) is 0 Å². The van der Waals surface area contributed by atoms with Crippen LogP contribution in [-0.4, -0.2) is 23.6 Å². The van der Waals surface area contributed by atoms with Crippen LogP contribution >= 0.6 is 0 Å². The molecule has 0 saturated heterocycles. The Balaban J connectivity index is 1.66. The lowest BCUT2D eigenvalue weighted by Crippen LogP contribution is -2.24. The van der Waals surface area contributed by atoms with Crippen molar-refractivity contribution in [2.24, 2.45) is 0 Å². The molecule has 1 fully saturated rings. The molecule has 2 N–H and O–H groups in total. The van der Waals surface area contributed by atoms with Gasteiger partial charge in [0.15, 0.2) is 0 Å². The lowest BCUT2D eigenvalue weighted by molar-refractivity contribution is 0.338. The normalized spacial score (nSPS) is 15.2. The minimum Gasteiger partial charge on any atom is -0.465 e. The van der Waals surface area contributed by atoms with E-state index >= 15 is 0 Å². The SMILES string of the molecule is Cc1ccc(CNS(=O)(=O)c2c(C)[nH]c(C)c2-c2nnc(C3CCC3)o2)o1. The summed E-state index contributed by atoms with van der Waals surface area (Å²) in [6.07, 6.45) is 3.21. The number of furan rings is 1. The van der Waals surface area contributed by atoms with Crippen LogP contribution in [0.5, 0.6) is 0 Å². The van der Waals surface area contributed by atoms with Crippen molar-refractivity contribution in [1.82, 2.24) is 19.9 Å². The summed E-state index contributed by atoms with van der Waals surface area (Å²) in [5.74, 6) is 2.37. The van der Waals surface area contributed by atoms with Gasteiger partial charge in [-0.25, -0.2) is 13.1 Å². The lowest BCUT2D eigenvalue weighted by Gasteiger charge is -2.20. The highest BCUT2D eigenvalue weighted by molar-refractivity contribution is 7.89. The molecule has 3 aromatic heterocycles. The average Bonchev–Trinajstić information content (AvgIpc) is 3.23. The maximum atomic E-state index is 13.0. The van der Waals surface area contributed by atoms with Crippen LogP contribution in [0.25, 0.3) is 11.5 Å². The lowest BCUT2D eigenvalue weighted by atomic mass is 9.85. The zero-order valence-corrected chi connectivity index (χ0v) is 16.3. The van der Waals surface area contributed by atoms with E-state index in [9.17, 15) is 8.42 Å². The van der Waals surface area contributed by atoms with E-state index in [1.54, 1.807) is 26.0 Å². The van der Waals surface area contributed by atoms with Gasteiger partial charge in [0.1, 0.15) is 16.4 Å². The first kappa shape index (κ1) is 18.0. The van der Waals surface area contributed by atoms with Crippen molar-refractivity contribution >= 4 is 10.0 Å². The Hall–Kier alpha value is -2.39. The van der Waals surface area contributed by atoms with Crippen LogP contribution in [0.1, 0.15) is 54.0 Å². The van der Waals surface area contributed by atoms with Gasteiger partial charge < -0.3 is 13.8 Å². The van der Waals surface area contributed by atoms with E-state index in [0.717, 1.165) is 25.0 Å². The number of hydrogen-bond acceptors (Lipinski definition) is 6. The summed E-state index contributed by atoms with van der Waals surface area (Å²) in [4.78, 5) is 3.21. The fourth-order valence-electron chi connectivity index (χ4n) is 3.33. The molecule has 4 rings (SSSR count). The molecule has 1 aliphatic carbocycles. The van der Waals surface area contributed by atoms with Gasteiger partial charge in [0.05, 0.1) is 12.1 Å². The maximum Gasteiger partial charge on any atom is 0.250 e. The summed E-state index contributed by atoms with van der Waals surface area (Å²) in [7, 11) is -3.81. The third kappa shape index (κ3) is 3.32. The molecular formula is C18H22N4O4S. The first-order valence-electron chi connectivity index (χ1n) is 8.93. The minimum absolute atomic E-state index is 0.0659. The Morgan fingerprint density at radius 1 is 1.15 bits per heavy atom. The summed E-state index contributed by atoms with van der Waals surface area (Å²) in [5.41, 5.74) is 1.62. The van der Waals surface area contributed by atoms with Crippen LogP contribution < -0.4 is 4.72 Å². The molecule has 1 aliphatic rings. The van der Waals surface area contributed by atoms with Crippen molar-refractivity contribution in [3.8, 4) is 11.5 Å². The van der Waals surface area contributed by atoms with Crippen LogP contribution in [0.15, 0.2) is 25.9 Å². The molecule has 27 heavy (non-hydrogen) atoms. The third-order valence-electron chi connectivity index (χ3n) is 4.93. The average molecular weight is 390 g/mol. The fourth-order valence-corrected chi connectivity index (χ4v) is 4.77. The number of aromatic amines is 1. The second kappa shape index (κ2) is 6.65. The Morgan fingerprint density at radius 2 is 1.93 bits per heavy atom. The Kier molecular flexibility index (Phi) is 4.43. The van der Waals surface area contributed by atoms with Crippen LogP contribution in [0.2, 0.25) is 0 Å². The second-order valence-corrected chi connectivity index (χ2v) is 8.69. The zero-order chi connectivity index (χ0) is 19.2. The standard InChI is InChI=1S/C18H22N4O4S/c1-10-7-8-14(25-10)9-19-27(23,24)16-12(3)20-11(2)15(16)18-22-21-17(26-18)13-5-4-6-13/h7-8,13,19-20H,4-6,9H2,1-3H3. The molecule has 0 spiro atoms. The number of aryl methyl sites for hydroxylation is 3. The molecule has 3 aromatic rings. The molecule has 144 valence electrons. The van der Waals surface area contributed by atoms with Crippen molar-refractivity contribution < 1.29 is 17.3 Å². The molecule has 9 heteroatoms. The predicted molar refractivity (Wildman–Crippen MR) is 97.6 cm³/mol. The first-order valence-corrected chi connectivity index (χ1v) is 10.4. The van der Waals surface area contributed by atoms with E-state index in [-0.39, 0.29) is 23.2 Å². The third-order valence-corrected chi connectivity index (χ3v) is 6.50. The van der Waals surface area contributed by atoms with Crippen LogP contribution in [0.3, 0.4) is 0 Å². The zero-order valence-electron chi connectivity index (χ0n) is 15.5. The number of aromatic nitrogens is 3. The summed E-state index contributed by atoms with van der Waals surface area (Å²) in [6.45, 7) is 5.39. The second-order valence-electron chi connectivity index (χ2n) is 6.99. The highest BCUT2D eigenvalue weighted by Gasteiger charge is 2.31. The minimum atomic E-state index is -3.81. The van der Waals surface area contributed by atoms with Gasteiger partial charge in [-0.15, -0.1) is 10.2 Å². The van der Waals surface area contributed by atoms with Crippen molar-refractivity contribution in [2.45, 2.75) is 57.4 Å². The van der Waals surface area contributed by atoms with Gasteiger partial charge in [0.2, 0.25) is 15.9 Å². The summed E-state index contributed by atoms with van der Waals surface area (Å²) in [6, 6.07) is 3.54. The van der Waals surface area contributed by atoms with Gasteiger partial charge in [-0.1, -0.05) is 6.42 Å². The highest BCUT2D eigenvalue weighted by atomic mass is 32.2. The monoisotopic (exact) mass is 390 g/mol. The van der Waals surface area contributed by atoms with Crippen LogP contribution in [-0.2, 0) is 16.6 Å². The quantitative estimate of drug-likeness (QED) is 0.667. The molecule has 0 atom stereocenters. The van der Waals surface area contributed by atoms with Gasteiger partial charge in [-0.05, 0) is 45.7 Å². The van der Waals surface area contributed by atoms with E-state index in [4.69, 9.17) is 8.83 Å². The van der Waals surface area contributed by atoms with Gasteiger partial charge in [0, 0.05) is 17.3 Å². The van der Waals surface area contributed by atoms with Crippen LogP contribution in [0, 0.1) is 20.8 Å². The van der Waals surface area contributed by atoms with Crippen molar-refractivity contribution in [3.63, 3.8) is 0 Å². The summed E-state index contributed by atoms with van der Waals surface area (Å²) >= 11 is 0. The van der Waals surface area contributed by atoms with Gasteiger partial charge in [0.25, 0.3) is 5.89 Å². The molecular weight excluding hydrogens is 368 g/mol. The van der Waals surface area contributed by atoms with Gasteiger partial charge in [-0.2, -0.15) is 0 Å². The number of H-pyrrole nitrogens is 1. The van der Waals surface area contributed by atoms with E-state index in [0.29, 0.717) is 28.6 Å². The van der Waals surface area contributed by atoms with Crippen molar-refractivity contribution in [3.05, 3.63) is 40.9 Å². The van der Waals surface area contributed by atoms with E-state index in [2.05, 4.69) is 19.9 Å². The summed E-state index contributed by atoms with van der Waals surface area (Å²) in [5, 5.41) is 8.24. The number of nitrogens with zero attached hydrogens (tertiary/aromatic N) is 2. The molecule has 0 bridgehead atoms. The maximum absolute atomic E-state index is 13.0. The Morgan fingerprint density at radius 3 is 2.56 bits per heavy atom. The number of rotatable bonds is 6. The summed E-state index contributed by atoms with van der Waals surface area (Å²) < 4.78 is 39.8. The molecule has 0 amide bonds. The molecule has 0 radical (unpaired) electrons. The van der Waals surface area contributed by atoms with Crippen molar-refractivity contribution in [1.29, 1.82) is 0 Å². The smallest absolute Gasteiger partial charge is 0.250 e. The number of nitrogens with one attached hydrogen (secondary N) is 2. The number of hydrogen-bond donors (Lipinski definition) is 2. The Labute approximate surface area is 157 Å². The molecule has 1 saturated carbocycles. The largest absolute Gasteiger partial charge is 0.465 e. The molecule has 0 unspecified atom stereocenters. The van der Waals surface area contributed by atoms with E-state index < -0.39 is 10.0 Å². The number of sulfonamides is 1. The Bertz CT molecular complexity index is 1070. The molecule has 0 aromatic carbocycles. The fraction of sp³-hybridized carbons (Fsp3) is 0.444. The van der Waals surface area contributed by atoms with E-state index in [1.165, 1.54) is 0 Å². The topological polar surface area (TPSA) is 114 Å². The van der Waals surface area contributed by atoms with Crippen molar-refractivity contribution in [2.75, 3.05) is 0 Å². The molecule has 0 aliphatic heterocycles. The predicted octanol–water partition coefficient (Wildman–Crippen LogP) is 3.33. The van der Waals surface area contributed by atoms with Crippen LogP contribution in [0.4, 0.5) is 0 Å². The van der Waals surface area contributed by atoms with E-state index in [1.807, 2.05) is 6.92 Å². The first-order chi connectivity index (χ1) is 12.8. The molecule has 8 nitrogen and oxygen atoms in total. The van der Waals surface area contributed by atoms with Gasteiger partial charge >= 0.3 is 0 Å². The molecule has 3 heterocycles. The highest BCUT2D eigenvalue weighted by Crippen LogP contribution is 2.38.